The Morgan fingerprint density at radius 1 is 0.265 bits per heavy atom. The van der Waals surface area contributed by atoms with Crippen LogP contribution in [0.2, 0.25) is 0 Å². The van der Waals surface area contributed by atoms with Crippen molar-refractivity contribution in [2.24, 2.45) is 0 Å². The molecule has 468 valence electrons. The minimum Gasteiger partial charge on any atom is -0.462 e. The number of carbonyl (C=O) groups excluding carboxylic acids is 3. The fraction of sp³-hybridized carbons (Fsp3) is 0.623. The highest BCUT2D eigenvalue weighted by molar-refractivity contribution is 5.72. The van der Waals surface area contributed by atoms with Crippen LogP contribution in [0.1, 0.15) is 290 Å². The Balaban J connectivity index is 4.48. The highest BCUT2D eigenvalue weighted by Crippen LogP contribution is 2.16. The third-order valence-corrected chi connectivity index (χ3v) is 14.0. The van der Waals surface area contributed by atoms with Crippen molar-refractivity contribution < 1.29 is 28.6 Å². The van der Waals surface area contributed by atoms with Gasteiger partial charge in [-0.25, -0.2) is 0 Å². The summed E-state index contributed by atoms with van der Waals surface area (Å²) in [6.45, 7) is 6.29. The molecule has 83 heavy (non-hydrogen) atoms. The predicted molar refractivity (Wildman–Crippen MR) is 362 cm³/mol. The molecule has 0 saturated carbocycles. The van der Waals surface area contributed by atoms with Crippen LogP contribution in [0.25, 0.3) is 0 Å². The van der Waals surface area contributed by atoms with Gasteiger partial charge in [0.15, 0.2) is 6.10 Å². The van der Waals surface area contributed by atoms with Crippen LogP contribution in [-0.2, 0) is 28.6 Å². The molecule has 0 aliphatic rings. The Labute approximate surface area is 511 Å². The second kappa shape index (κ2) is 69.5. The SMILES string of the molecule is CC/C=C\C/C=C\C/C=C\C/C=C\C/C=C\C/C=C\C/C=C\CCCC(=O)OC(COC(=O)C/C=C\C/C=C\C/C=C\C/C=C\C/C=C\CC)COC(=O)CCCCCCCCCCCCCCCCC/C=C\CCCCCCCCCC. The molecule has 0 aromatic rings. The topological polar surface area (TPSA) is 78.9 Å². The number of allylic oxidation sites excluding steroid dienone is 25. The molecule has 0 amide bonds. The zero-order chi connectivity index (χ0) is 59.9. The lowest BCUT2D eigenvalue weighted by Gasteiger charge is -2.18. The molecule has 0 spiro atoms. The minimum absolute atomic E-state index is 0.108. The van der Waals surface area contributed by atoms with Crippen LogP contribution in [0.15, 0.2) is 158 Å². The van der Waals surface area contributed by atoms with Gasteiger partial charge in [-0.05, 0) is 122 Å². The molecule has 1 atom stereocenters. The van der Waals surface area contributed by atoms with Gasteiger partial charge in [-0.3, -0.25) is 14.4 Å². The van der Waals surface area contributed by atoms with Crippen LogP contribution >= 0.6 is 0 Å². The summed E-state index contributed by atoms with van der Waals surface area (Å²) in [5.74, 6) is -1.13. The first kappa shape index (κ1) is 78.0. The highest BCUT2D eigenvalue weighted by atomic mass is 16.6. The molecule has 0 saturated heterocycles. The van der Waals surface area contributed by atoms with Crippen molar-refractivity contribution in [2.75, 3.05) is 13.2 Å². The minimum atomic E-state index is -0.857. The summed E-state index contributed by atoms with van der Waals surface area (Å²) in [5, 5.41) is 0. The number of carbonyl (C=O) groups is 3. The molecule has 0 aliphatic heterocycles. The van der Waals surface area contributed by atoms with Gasteiger partial charge in [0.25, 0.3) is 0 Å². The van der Waals surface area contributed by atoms with E-state index in [0.29, 0.717) is 12.8 Å². The quantitative estimate of drug-likeness (QED) is 0.0261. The van der Waals surface area contributed by atoms with Crippen molar-refractivity contribution in [3.05, 3.63) is 158 Å². The average Bonchev–Trinajstić information content (AvgIpc) is 3.49. The zero-order valence-electron chi connectivity index (χ0n) is 53.7. The van der Waals surface area contributed by atoms with Crippen LogP contribution in [0.4, 0.5) is 0 Å². The van der Waals surface area contributed by atoms with E-state index >= 15 is 0 Å². The van der Waals surface area contributed by atoms with Crippen molar-refractivity contribution in [3.8, 4) is 0 Å². The van der Waals surface area contributed by atoms with Gasteiger partial charge in [-0.1, -0.05) is 307 Å². The molecule has 0 bridgehead atoms. The number of hydrogen-bond acceptors (Lipinski definition) is 6. The summed E-state index contributed by atoms with van der Waals surface area (Å²) in [6.07, 6.45) is 102. The van der Waals surface area contributed by atoms with E-state index in [0.717, 1.165) is 103 Å². The largest absolute Gasteiger partial charge is 0.462 e. The van der Waals surface area contributed by atoms with Crippen molar-refractivity contribution in [1.82, 2.24) is 0 Å². The second-order valence-electron chi connectivity index (χ2n) is 22.0. The number of rotatable bonds is 60. The van der Waals surface area contributed by atoms with Gasteiger partial charge in [0.05, 0.1) is 6.42 Å². The van der Waals surface area contributed by atoms with Gasteiger partial charge in [0.1, 0.15) is 13.2 Å². The molecule has 6 nitrogen and oxygen atoms in total. The molecule has 0 rings (SSSR count). The standard InChI is InChI=1S/C77H124O6/c1-4-7-10-13-16-19-22-25-28-30-32-34-36-37-38-39-41-42-44-46-49-52-55-58-61-64-67-70-76(79)82-73-74(72-81-75(78)69-66-63-60-57-54-51-48-27-24-21-18-15-12-9-6-3)83-77(80)71-68-65-62-59-56-53-50-47-45-43-40-35-33-31-29-26-23-20-17-14-11-8-5-2/h8-9,11-12,17-18,20-21,26-27,29-30,32-33,35,43,45,48,50,53-54,57,59,62-63,66,74H,4-7,10,13-16,19,22-25,28,31,34,36-42,44,46-47,49,51-52,55-56,58,60-61,64-65,67-73H2,1-3H3/b11-8-,12-9-,20-17-,21-18-,29-26-,32-30-,35-33-,45-43-,48-27-,53-50-,57-54-,62-59-,66-63-. The fourth-order valence-electron chi connectivity index (χ4n) is 9.03. The fourth-order valence-corrected chi connectivity index (χ4v) is 9.03. The van der Waals surface area contributed by atoms with Crippen LogP contribution in [-0.4, -0.2) is 37.2 Å². The van der Waals surface area contributed by atoms with E-state index in [9.17, 15) is 14.4 Å². The van der Waals surface area contributed by atoms with Gasteiger partial charge < -0.3 is 14.2 Å². The van der Waals surface area contributed by atoms with E-state index in [4.69, 9.17) is 14.2 Å². The molecule has 0 aromatic heterocycles. The Kier molecular flexibility index (Phi) is 65.4. The van der Waals surface area contributed by atoms with E-state index < -0.39 is 18.0 Å². The maximum atomic E-state index is 12.9. The van der Waals surface area contributed by atoms with Crippen molar-refractivity contribution in [3.63, 3.8) is 0 Å². The van der Waals surface area contributed by atoms with E-state index in [1.54, 1.807) is 6.08 Å². The van der Waals surface area contributed by atoms with Crippen molar-refractivity contribution >= 4 is 17.9 Å². The Bertz CT molecular complexity index is 1840. The molecular weight excluding hydrogens is 1020 g/mol. The number of ether oxygens (including phenoxy) is 3. The third-order valence-electron chi connectivity index (χ3n) is 14.0. The van der Waals surface area contributed by atoms with Crippen LogP contribution in [0, 0.1) is 0 Å². The summed E-state index contributed by atoms with van der Waals surface area (Å²) in [5.41, 5.74) is 0. The van der Waals surface area contributed by atoms with E-state index in [-0.39, 0.29) is 32.0 Å². The monoisotopic (exact) mass is 1140 g/mol. The van der Waals surface area contributed by atoms with E-state index in [1.165, 1.54) is 141 Å². The first-order chi connectivity index (χ1) is 41.0. The van der Waals surface area contributed by atoms with Crippen LogP contribution in [0.3, 0.4) is 0 Å². The maximum absolute atomic E-state index is 12.9. The number of unbranched alkanes of at least 4 members (excludes halogenated alkanes) is 24. The lowest BCUT2D eigenvalue weighted by molar-refractivity contribution is -0.166. The van der Waals surface area contributed by atoms with Gasteiger partial charge in [-0.15, -0.1) is 0 Å². The molecule has 1 unspecified atom stereocenters. The van der Waals surface area contributed by atoms with Crippen LogP contribution in [0.5, 0.6) is 0 Å². The Morgan fingerprint density at radius 3 is 0.892 bits per heavy atom. The van der Waals surface area contributed by atoms with Gasteiger partial charge in [-0.2, -0.15) is 0 Å². The molecule has 0 aromatic carbocycles. The van der Waals surface area contributed by atoms with Crippen LogP contribution < -0.4 is 0 Å². The molecule has 0 fully saturated rings. The predicted octanol–water partition coefficient (Wildman–Crippen LogP) is 23.7. The lowest BCUT2D eigenvalue weighted by atomic mass is 10.0. The number of hydrogen-bond donors (Lipinski definition) is 0. The van der Waals surface area contributed by atoms with Crippen molar-refractivity contribution in [1.29, 1.82) is 0 Å². The smallest absolute Gasteiger partial charge is 0.309 e. The highest BCUT2D eigenvalue weighted by Gasteiger charge is 2.19. The molecular formula is C77H124O6. The lowest BCUT2D eigenvalue weighted by Crippen LogP contribution is -2.30. The zero-order valence-corrected chi connectivity index (χ0v) is 53.7. The van der Waals surface area contributed by atoms with Crippen molar-refractivity contribution in [2.45, 2.75) is 297 Å². The summed E-state index contributed by atoms with van der Waals surface area (Å²) in [6, 6.07) is 0. The Morgan fingerprint density at radius 2 is 0.530 bits per heavy atom. The molecule has 6 heteroatoms. The van der Waals surface area contributed by atoms with Gasteiger partial charge in [0, 0.05) is 12.8 Å². The van der Waals surface area contributed by atoms with Gasteiger partial charge >= 0.3 is 17.9 Å². The third kappa shape index (κ3) is 67.7. The summed E-state index contributed by atoms with van der Waals surface area (Å²) >= 11 is 0. The average molecular weight is 1150 g/mol. The number of esters is 3. The molecule has 0 N–H and O–H groups in total. The molecule has 0 aliphatic carbocycles. The first-order valence-electron chi connectivity index (χ1n) is 34.0. The maximum Gasteiger partial charge on any atom is 0.309 e. The summed E-state index contributed by atoms with van der Waals surface area (Å²) < 4.78 is 16.8. The van der Waals surface area contributed by atoms with Gasteiger partial charge in [0.2, 0.25) is 0 Å². The molecule has 0 radical (unpaired) electrons. The van der Waals surface area contributed by atoms with E-state index in [2.05, 4.69) is 167 Å². The first-order valence-corrected chi connectivity index (χ1v) is 34.0. The Hall–Kier alpha value is -4.97. The van der Waals surface area contributed by atoms with E-state index in [1.807, 2.05) is 6.08 Å². The normalized spacial score (nSPS) is 13.1. The molecule has 0 heterocycles. The summed E-state index contributed by atoms with van der Waals surface area (Å²) in [7, 11) is 0. The second-order valence-corrected chi connectivity index (χ2v) is 22.0. The summed E-state index contributed by atoms with van der Waals surface area (Å²) in [4.78, 5) is 38.3.